The van der Waals surface area contributed by atoms with E-state index in [9.17, 15) is 0 Å². The summed E-state index contributed by atoms with van der Waals surface area (Å²) < 4.78 is 5.18. The van der Waals surface area contributed by atoms with Crippen molar-refractivity contribution in [3.05, 3.63) is 41.0 Å². The van der Waals surface area contributed by atoms with Gasteiger partial charge in [-0.25, -0.2) is 0 Å². The lowest BCUT2D eigenvalue weighted by Gasteiger charge is -2.13. The molecule has 0 N–H and O–H groups in total. The van der Waals surface area contributed by atoms with Gasteiger partial charge in [0.15, 0.2) is 0 Å². The summed E-state index contributed by atoms with van der Waals surface area (Å²) in [7, 11) is 1.77. The third kappa shape index (κ3) is 1.72. The van der Waals surface area contributed by atoms with Crippen molar-refractivity contribution in [1.29, 1.82) is 0 Å². The lowest BCUT2D eigenvalue weighted by Crippen LogP contribution is -2.01. The fraction of sp³-hybridized carbons (Fsp3) is 0.429. The zero-order chi connectivity index (χ0) is 10.8. The van der Waals surface area contributed by atoms with Crippen molar-refractivity contribution in [3.63, 3.8) is 0 Å². The molecule has 2 rings (SSSR count). The first-order valence-corrected chi connectivity index (χ1v) is 5.51. The quantitative estimate of drug-likeness (QED) is 0.727. The van der Waals surface area contributed by atoms with Crippen molar-refractivity contribution >= 4 is 5.57 Å². The van der Waals surface area contributed by atoms with Crippen molar-refractivity contribution < 1.29 is 4.74 Å². The van der Waals surface area contributed by atoms with Gasteiger partial charge in [0.2, 0.25) is 0 Å². The SMILES string of the molecule is COCCC1C(C)=C(C)c2ccccc21. The van der Waals surface area contributed by atoms with Crippen LogP contribution in [0.1, 0.15) is 37.3 Å². The molecule has 0 radical (unpaired) electrons. The molecule has 1 unspecified atom stereocenters. The lowest BCUT2D eigenvalue weighted by molar-refractivity contribution is 0.191. The number of benzene rings is 1. The Bertz CT molecular complexity index is 390. The molecule has 15 heavy (non-hydrogen) atoms. The van der Waals surface area contributed by atoms with Crippen LogP contribution >= 0.6 is 0 Å². The topological polar surface area (TPSA) is 9.23 Å². The molecular formula is C14H18O. The second kappa shape index (κ2) is 4.19. The van der Waals surface area contributed by atoms with Crippen molar-refractivity contribution in [3.8, 4) is 0 Å². The van der Waals surface area contributed by atoms with Gasteiger partial charge in [-0.2, -0.15) is 0 Å². The fourth-order valence-corrected chi connectivity index (χ4v) is 2.46. The van der Waals surface area contributed by atoms with E-state index in [4.69, 9.17) is 4.74 Å². The van der Waals surface area contributed by atoms with Crippen molar-refractivity contribution in [2.45, 2.75) is 26.2 Å². The smallest absolute Gasteiger partial charge is 0.0471 e. The molecule has 80 valence electrons. The Balaban J connectivity index is 2.33. The third-order valence-corrected chi connectivity index (χ3v) is 3.47. The van der Waals surface area contributed by atoms with Crippen LogP contribution in [-0.4, -0.2) is 13.7 Å². The van der Waals surface area contributed by atoms with Crippen LogP contribution in [0.5, 0.6) is 0 Å². The highest BCUT2D eigenvalue weighted by molar-refractivity contribution is 5.76. The average molecular weight is 202 g/mol. The molecule has 1 aromatic rings. The van der Waals surface area contributed by atoms with E-state index in [-0.39, 0.29) is 0 Å². The summed E-state index contributed by atoms with van der Waals surface area (Å²) in [5.41, 5.74) is 5.86. The van der Waals surface area contributed by atoms with Gasteiger partial charge in [0, 0.05) is 19.6 Å². The van der Waals surface area contributed by atoms with Crippen LogP contribution in [-0.2, 0) is 4.74 Å². The first-order valence-electron chi connectivity index (χ1n) is 5.51. The maximum atomic E-state index is 5.18. The molecular weight excluding hydrogens is 184 g/mol. The number of hydrogen-bond donors (Lipinski definition) is 0. The van der Waals surface area contributed by atoms with Gasteiger partial charge in [-0.3, -0.25) is 0 Å². The number of hydrogen-bond acceptors (Lipinski definition) is 1. The van der Waals surface area contributed by atoms with Crippen LogP contribution in [0.2, 0.25) is 0 Å². The molecule has 1 aliphatic rings. The summed E-state index contributed by atoms with van der Waals surface area (Å²) in [6.07, 6.45) is 1.09. The summed E-state index contributed by atoms with van der Waals surface area (Å²) in [5.74, 6) is 0.571. The minimum Gasteiger partial charge on any atom is -0.385 e. The van der Waals surface area contributed by atoms with Crippen molar-refractivity contribution in [2.75, 3.05) is 13.7 Å². The van der Waals surface area contributed by atoms with E-state index in [0.717, 1.165) is 13.0 Å². The van der Waals surface area contributed by atoms with Gasteiger partial charge >= 0.3 is 0 Å². The van der Waals surface area contributed by atoms with Crippen LogP contribution in [0.25, 0.3) is 5.57 Å². The Morgan fingerprint density at radius 3 is 2.67 bits per heavy atom. The number of allylic oxidation sites excluding steroid dienone is 2. The predicted octanol–water partition coefficient (Wildman–Crippen LogP) is 3.61. The van der Waals surface area contributed by atoms with Gasteiger partial charge in [-0.05, 0) is 37.0 Å². The van der Waals surface area contributed by atoms with Gasteiger partial charge in [-0.15, -0.1) is 0 Å². The largest absolute Gasteiger partial charge is 0.385 e. The summed E-state index contributed by atoms with van der Waals surface area (Å²) in [4.78, 5) is 0. The van der Waals surface area contributed by atoms with Crippen LogP contribution in [0.15, 0.2) is 29.8 Å². The Morgan fingerprint density at radius 2 is 1.93 bits per heavy atom. The Morgan fingerprint density at radius 1 is 1.20 bits per heavy atom. The van der Waals surface area contributed by atoms with E-state index in [1.54, 1.807) is 7.11 Å². The Kier molecular flexibility index (Phi) is 2.92. The molecule has 0 saturated carbocycles. The normalized spacial score (nSPS) is 19.5. The van der Waals surface area contributed by atoms with E-state index in [1.807, 2.05) is 0 Å². The highest BCUT2D eigenvalue weighted by atomic mass is 16.5. The predicted molar refractivity (Wildman–Crippen MR) is 63.9 cm³/mol. The molecule has 0 amide bonds. The second-order valence-electron chi connectivity index (χ2n) is 4.23. The fourth-order valence-electron chi connectivity index (χ4n) is 2.46. The maximum Gasteiger partial charge on any atom is 0.0471 e. The summed E-state index contributed by atoms with van der Waals surface area (Å²) in [5, 5.41) is 0. The molecule has 1 heteroatoms. The van der Waals surface area contributed by atoms with Gasteiger partial charge in [0.25, 0.3) is 0 Å². The number of rotatable bonds is 3. The van der Waals surface area contributed by atoms with E-state index < -0.39 is 0 Å². The number of fused-ring (bicyclic) bond motifs is 1. The molecule has 0 aromatic heterocycles. The monoisotopic (exact) mass is 202 g/mol. The van der Waals surface area contributed by atoms with E-state index in [0.29, 0.717) is 5.92 Å². The summed E-state index contributed by atoms with van der Waals surface area (Å²) in [6.45, 7) is 5.31. The highest BCUT2D eigenvalue weighted by Gasteiger charge is 2.25. The molecule has 1 aliphatic carbocycles. The molecule has 1 nitrogen and oxygen atoms in total. The van der Waals surface area contributed by atoms with E-state index in [1.165, 1.54) is 22.3 Å². The summed E-state index contributed by atoms with van der Waals surface area (Å²) >= 11 is 0. The van der Waals surface area contributed by atoms with Gasteiger partial charge in [0.1, 0.15) is 0 Å². The van der Waals surface area contributed by atoms with Crippen LogP contribution in [0, 0.1) is 0 Å². The van der Waals surface area contributed by atoms with Crippen molar-refractivity contribution in [1.82, 2.24) is 0 Å². The molecule has 0 spiro atoms. The second-order valence-corrected chi connectivity index (χ2v) is 4.23. The first-order chi connectivity index (χ1) is 7.25. The average Bonchev–Trinajstić information content (AvgIpc) is 2.51. The lowest BCUT2D eigenvalue weighted by atomic mass is 9.94. The third-order valence-electron chi connectivity index (χ3n) is 3.47. The van der Waals surface area contributed by atoms with Crippen LogP contribution in [0.3, 0.4) is 0 Å². The molecule has 1 atom stereocenters. The van der Waals surface area contributed by atoms with Gasteiger partial charge in [-0.1, -0.05) is 29.8 Å². The van der Waals surface area contributed by atoms with Crippen LogP contribution in [0.4, 0.5) is 0 Å². The van der Waals surface area contributed by atoms with E-state index in [2.05, 4.69) is 38.1 Å². The molecule has 0 heterocycles. The minimum absolute atomic E-state index is 0.571. The molecule has 0 saturated heterocycles. The van der Waals surface area contributed by atoms with Gasteiger partial charge in [0.05, 0.1) is 0 Å². The minimum atomic E-state index is 0.571. The molecule has 0 fully saturated rings. The number of methoxy groups -OCH3 is 1. The first kappa shape index (κ1) is 10.4. The van der Waals surface area contributed by atoms with Gasteiger partial charge < -0.3 is 4.74 Å². The molecule has 1 aromatic carbocycles. The molecule has 0 aliphatic heterocycles. The van der Waals surface area contributed by atoms with Crippen LogP contribution < -0.4 is 0 Å². The molecule has 0 bridgehead atoms. The standard InChI is InChI=1S/C14H18O/c1-10-11(2)13(8-9-15-3)14-7-5-4-6-12(10)14/h4-7,13H,8-9H2,1-3H3. The van der Waals surface area contributed by atoms with E-state index >= 15 is 0 Å². The van der Waals surface area contributed by atoms with Crippen molar-refractivity contribution in [2.24, 2.45) is 0 Å². The number of ether oxygens (including phenoxy) is 1. The zero-order valence-electron chi connectivity index (χ0n) is 9.71. The highest BCUT2D eigenvalue weighted by Crippen LogP contribution is 2.42. The Labute approximate surface area is 91.8 Å². The zero-order valence-corrected chi connectivity index (χ0v) is 9.71. The Hall–Kier alpha value is -1.08. The maximum absolute atomic E-state index is 5.18. The summed E-state index contributed by atoms with van der Waals surface area (Å²) in [6, 6.07) is 8.72.